The number of amides is 2. The zero-order valence-corrected chi connectivity index (χ0v) is 37.4. The van der Waals surface area contributed by atoms with E-state index in [0.29, 0.717) is 0 Å². The fourth-order valence-electron chi connectivity index (χ4n) is 5.65. The second-order valence-corrected chi connectivity index (χ2v) is 15.2. The van der Waals surface area contributed by atoms with Gasteiger partial charge in [0.2, 0.25) is 11.8 Å². The monoisotopic (exact) mass is 936 g/mol. The Hall–Kier alpha value is -2.15. The maximum atomic E-state index is 12.3. The van der Waals surface area contributed by atoms with E-state index in [1.807, 2.05) is 6.92 Å². The van der Waals surface area contributed by atoms with Gasteiger partial charge in [0.25, 0.3) is 0 Å². The van der Waals surface area contributed by atoms with Crippen molar-refractivity contribution in [2.45, 2.75) is 88.4 Å². The summed E-state index contributed by atoms with van der Waals surface area (Å²) in [5.41, 5.74) is -0.627. The highest BCUT2D eigenvalue weighted by Gasteiger charge is 2.44. The van der Waals surface area contributed by atoms with Crippen LogP contribution in [0.25, 0.3) is 0 Å². The van der Waals surface area contributed by atoms with Gasteiger partial charge in [0, 0.05) is 57.4 Å². The smallest absolute Gasteiger partial charge is 0.222 e. The van der Waals surface area contributed by atoms with E-state index >= 15 is 0 Å². The minimum absolute atomic E-state index is 0.0151. The van der Waals surface area contributed by atoms with Crippen LogP contribution in [-0.4, -0.2) is 253 Å². The molecular weight excluding hydrogens is 860 g/mol. The van der Waals surface area contributed by atoms with Crippen LogP contribution in [0, 0.1) is 11.3 Å². The number of rotatable bonds is 42. The molecule has 2 amide bonds. The van der Waals surface area contributed by atoms with Crippen molar-refractivity contribution in [3.05, 3.63) is 0 Å². The molecule has 0 radical (unpaired) electrons. The van der Waals surface area contributed by atoms with Gasteiger partial charge in [-0.15, -0.1) is 0 Å². The van der Waals surface area contributed by atoms with E-state index in [4.69, 9.17) is 57.2 Å². The number of hydrogen-bond acceptors (Lipinski definition) is 22. The van der Waals surface area contributed by atoms with E-state index in [1.165, 1.54) is 14.0 Å². The summed E-state index contributed by atoms with van der Waals surface area (Å²) in [6.45, 7) is 5.80. The van der Waals surface area contributed by atoms with Crippen molar-refractivity contribution in [2.75, 3.05) is 139 Å². The van der Waals surface area contributed by atoms with Crippen LogP contribution >= 0.6 is 0 Å². The molecule has 0 aromatic heterocycles. The quantitative estimate of drug-likeness (QED) is 0.0156. The van der Waals surface area contributed by atoms with Crippen LogP contribution in [0.1, 0.15) is 33.1 Å². The van der Waals surface area contributed by atoms with E-state index in [-0.39, 0.29) is 156 Å². The van der Waals surface area contributed by atoms with Crippen LogP contribution in [0.2, 0.25) is 0 Å². The molecule has 24 nitrogen and oxygen atoms in total. The van der Waals surface area contributed by atoms with Gasteiger partial charge in [0.1, 0.15) is 42.9 Å². The maximum absolute atomic E-state index is 12.3. The Kier molecular flexibility index (Phi) is 34.5. The molecule has 0 bridgehead atoms. The average Bonchev–Trinajstić information content (AvgIpc) is 3.29. The zero-order chi connectivity index (χ0) is 47.6. The van der Waals surface area contributed by atoms with Gasteiger partial charge in [-0.2, -0.15) is 0 Å². The average molecular weight is 937 g/mol. The zero-order valence-electron chi connectivity index (χ0n) is 37.4. The van der Waals surface area contributed by atoms with Crippen LogP contribution in [-0.2, 0) is 66.5 Å². The van der Waals surface area contributed by atoms with Gasteiger partial charge in [0.05, 0.1) is 118 Å². The molecule has 1 rings (SSSR count). The van der Waals surface area contributed by atoms with E-state index in [9.17, 15) is 50.1 Å². The molecule has 0 aliphatic carbocycles. The Bertz CT molecular complexity index is 1180. The Morgan fingerprint density at radius 1 is 0.656 bits per heavy atom. The number of carbonyl (C=O) groups is 3. The van der Waals surface area contributed by atoms with Crippen LogP contribution in [0.5, 0.6) is 0 Å². The number of carbonyl (C=O) groups excluding carboxylic acids is 3. The highest BCUT2D eigenvalue weighted by Crippen LogP contribution is 2.22. The number of aliphatic hydroxyl groups excluding tert-OH is 8. The Morgan fingerprint density at radius 3 is 1.66 bits per heavy atom. The summed E-state index contributed by atoms with van der Waals surface area (Å²) in [5, 5.41) is 83.8. The molecule has 11 unspecified atom stereocenters. The third-order valence-corrected chi connectivity index (χ3v) is 9.51. The molecule has 0 aromatic carbocycles. The van der Waals surface area contributed by atoms with E-state index in [1.54, 1.807) is 0 Å². The summed E-state index contributed by atoms with van der Waals surface area (Å²) >= 11 is 0. The van der Waals surface area contributed by atoms with Crippen molar-refractivity contribution >= 4 is 18.1 Å². The fourth-order valence-corrected chi connectivity index (χ4v) is 5.65. The van der Waals surface area contributed by atoms with Crippen molar-refractivity contribution in [1.82, 2.24) is 10.6 Å². The first kappa shape index (κ1) is 59.9. The lowest BCUT2D eigenvalue weighted by Gasteiger charge is -2.39. The molecule has 0 saturated carbocycles. The largest absolute Gasteiger partial charge is 0.396 e. The number of nitrogens with one attached hydrogen (secondary N) is 2. The molecule has 10 N–H and O–H groups in total. The predicted molar refractivity (Wildman–Crippen MR) is 221 cm³/mol. The van der Waals surface area contributed by atoms with E-state index < -0.39 is 73.2 Å². The minimum Gasteiger partial charge on any atom is -0.396 e. The molecular formula is C40H76N2O22. The number of ether oxygens (including phenoxy) is 11. The number of aliphatic hydroxyl groups is 8. The minimum atomic E-state index is -1.59. The van der Waals surface area contributed by atoms with Crippen LogP contribution in [0.4, 0.5) is 0 Å². The van der Waals surface area contributed by atoms with Gasteiger partial charge < -0.3 is 108 Å². The van der Waals surface area contributed by atoms with Gasteiger partial charge in [-0.1, -0.05) is 13.8 Å². The maximum Gasteiger partial charge on any atom is 0.222 e. The first-order chi connectivity index (χ1) is 30.7. The van der Waals surface area contributed by atoms with Crippen LogP contribution in [0.15, 0.2) is 0 Å². The van der Waals surface area contributed by atoms with Crippen LogP contribution < -0.4 is 10.6 Å². The van der Waals surface area contributed by atoms with Crippen LogP contribution in [0.3, 0.4) is 0 Å². The standard InChI is InChI=1S/C40H76N2O22/c1-28(23-44)32(48)34(50)36(52)38(54-3)62-21-19-57-17-15-55-13-7-41-30(46)5-11-60-26-40(2,25-59-10-4-9-43)27-61-12-6-31(47)42-8-14-56-16-18-58-20-22-63-39-37(53)35(51)33(49)29(24-45)64-39/h9,28-29,32-39,44-45,48-53H,4-8,10-27H2,1-3H3,(H,41,46)(H,42,47). The van der Waals surface area contributed by atoms with Crippen molar-refractivity contribution in [1.29, 1.82) is 0 Å². The number of aldehydes is 1. The van der Waals surface area contributed by atoms with Gasteiger partial charge >= 0.3 is 0 Å². The van der Waals surface area contributed by atoms with E-state index in [2.05, 4.69) is 10.6 Å². The SMILES string of the molecule is COC(OCCOCCOCCNC(=O)CCOCC(C)(COCCC=O)COCCC(=O)NCCOCCOCCOC1OC(CO)C(O)C(O)C1O)C(O)C(O)C(O)C(C)CO. The van der Waals surface area contributed by atoms with Gasteiger partial charge in [-0.3, -0.25) is 9.59 Å². The summed E-state index contributed by atoms with van der Waals surface area (Å²) in [6, 6.07) is 0. The summed E-state index contributed by atoms with van der Waals surface area (Å²) in [4.78, 5) is 35.3. The molecule has 1 saturated heterocycles. The lowest BCUT2D eigenvalue weighted by Crippen LogP contribution is -2.59. The predicted octanol–water partition coefficient (Wildman–Crippen LogP) is -4.77. The Balaban J connectivity index is 2.14. The molecule has 64 heavy (non-hydrogen) atoms. The Morgan fingerprint density at radius 2 is 1.16 bits per heavy atom. The fraction of sp³-hybridized carbons (Fsp3) is 0.925. The van der Waals surface area contributed by atoms with Gasteiger partial charge in [-0.05, 0) is 0 Å². The first-order valence-corrected chi connectivity index (χ1v) is 21.5. The third kappa shape index (κ3) is 26.3. The summed E-state index contributed by atoms with van der Waals surface area (Å²) in [7, 11) is 1.27. The number of methoxy groups -OCH3 is 1. The Labute approximate surface area is 374 Å². The summed E-state index contributed by atoms with van der Waals surface area (Å²) < 4.78 is 59.9. The highest BCUT2D eigenvalue weighted by molar-refractivity contribution is 5.76. The first-order valence-electron chi connectivity index (χ1n) is 21.5. The van der Waals surface area contributed by atoms with Crippen molar-refractivity contribution in [3.8, 4) is 0 Å². The summed E-state index contributed by atoms with van der Waals surface area (Å²) in [6.07, 6.45) is -11.3. The van der Waals surface area contributed by atoms with Crippen molar-refractivity contribution in [2.24, 2.45) is 11.3 Å². The molecule has 0 aromatic rings. The van der Waals surface area contributed by atoms with Crippen molar-refractivity contribution < 1.29 is 107 Å². The summed E-state index contributed by atoms with van der Waals surface area (Å²) in [5.74, 6) is -1.14. The van der Waals surface area contributed by atoms with E-state index in [0.717, 1.165) is 6.29 Å². The second kappa shape index (κ2) is 36.9. The normalized spacial score (nSPS) is 22.3. The highest BCUT2D eigenvalue weighted by atomic mass is 16.7. The molecule has 1 heterocycles. The molecule has 1 aliphatic rings. The second-order valence-electron chi connectivity index (χ2n) is 15.2. The topological polar surface area (TPSA) is 339 Å². The molecule has 378 valence electrons. The lowest BCUT2D eigenvalue weighted by atomic mass is 9.94. The molecule has 0 spiro atoms. The molecule has 11 atom stereocenters. The third-order valence-electron chi connectivity index (χ3n) is 9.51. The van der Waals surface area contributed by atoms with Gasteiger partial charge in [-0.25, -0.2) is 0 Å². The lowest BCUT2D eigenvalue weighted by molar-refractivity contribution is -0.302. The molecule has 1 aliphatic heterocycles. The number of hydrogen-bond donors (Lipinski definition) is 10. The molecule has 24 heteroatoms. The molecule has 1 fully saturated rings. The van der Waals surface area contributed by atoms with Gasteiger partial charge in [0.15, 0.2) is 12.6 Å². The van der Waals surface area contributed by atoms with Crippen molar-refractivity contribution in [3.63, 3.8) is 0 Å².